The second-order valence-corrected chi connectivity index (χ2v) is 18.8. The number of ketones is 1. The van der Waals surface area contributed by atoms with Crippen LogP contribution in [0.15, 0.2) is 76.6 Å². The van der Waals surface area contributed by atoms with Gasteiger partial charge in [0.15, 0.2) is 5.78 Å². The van der Waals surface area contributed by atoms with Crippen LogP contribution < -0.4 is 26.7 Å². The fourth-order valence-electron chi connectivity index (χ4n) is 11.0. The van der Waals surface area contributed by atoms with Crippen LogP contribution in [0.5, 0.6) is 0 Å². The number of hydrogen-bond acceptors (Lipinski definition) is 12. The van der Waals surface area contributed by atoms with Gasteiger partial charge in [-0.15, -0.1) is 0 Å². The number of amides is 2. The van der Waals surface area contributed by atoms with Crippen LogP contribution in [0.25, 0.3) is 21.9 Å². The number of likely N-dealkylation sites (tertiary alicyclic amines) is 1. The monoisotopic (exact) mass is 892 g/mol. The van der Waals surface area contributed by atoms with Gasteiger partial charge in [0.05, 0.1) is 22.1 Å². The van der Waals surface area contributed by atoms with Crippen molar-refractivity contribution in [3.63, 3.8) is 0 Å². The number of aliphatic hydroxyl groups is 1. The molecule has 16 nitrogen and oxygen atoms in total. The van der Waals surface area contributed by atoms with Crippen LogP contribution in [0, 0.1) is 6.92 Å². The Hall–Kier alpha value is -6.52. The summed E-state index contributed by atoms with van der Waals surface area (Å²) in [7, 11) is 1.74. The zero-order valence-corrected chi connectivity index (χ0v) is 37.8. The van der Waals surface area contributed by atoms with E-state index in [4.69, 9.17) is 9.97 Å². The molecule has 1 saturated carbocycles. The second kappa shape index (κ2) is 17.4. The van der Waals surface area contributed by atoms with Gasteiger partial charge in [0.2, 0.25) is 11.9 Å². The van der Waals surface area contributed by atoms with Crippen molar-refractivity contribution in [3.05, 3.63) is 116 Å². The highest BCUT2D eigenvalue weighted by molar-refractivity contribution is 6.00. The zero-order chi connectivity index (χ0) is 45.9. The number of aromatic nitrogens is 6. The number of aryl methyl sites for hydroxylation is 2. The number of benzene rings is 2. The molecule has 16 heteroatoms. The molecule has 6 aromatic rings. The molecule has 66 heavy (non-hydrogen) atoms. The molecule has 1 unspecified atom stereocenters. The molecule has 4 aromatic heterocycles. The number of Topliss-reactive ketones (excluding diaryl/α,β-unsaturated/α-hetero) is 1. The minimum absolute atomic E-state index is 0.0100. The smallest absolute Gasteiger partial charge is 0.275 e. The molecule has 4 aliphatic rings. The van der Waals surface area contributed by atoms with E-state index in [9.17, 15) is 29.1 Å². The van der Waals surface area contributed by atoms with Gasteiger partial charge in [-0.2, -0.15) is 4.98 Å². The van der Waals surface area contributed by atoms with Crippen LogP contribution in [-0.4, -0.2) is 82.7 Å². The van der Waals surface area contributed by atoms with Gasteiger partial charge in [-0.3, -0.25) is 43.4 Å². The van der Waals surface area contributed by atoms with E-state index < -0.39 is 17.6 Å². The number of anilines is 3. The SMILES string of the molecule is CC(=O)c1c(C)c2cnc(Nc3ccc(C4CCN(c5ccc(CN6CCC(O)(c7ccc8c(=O)n(C9CCC(=O)NC9=O)n(C)c8c7)CC6)cc5)CC4)cn3)nc2n(C2CCCC2)c1=O. The first-order valence-electron chi connectivity index (χ1n) is 23.3. The van der Waals surface area contributed by atoms with Crippen LogP contribution in [0.2, 0.25) is 0 Å². The molecular weight excluding hydrogens is 837 g/mol. The molecule has 3 saturated heterocycles. The Morgan fingerprint density at radius 3 is 2.29 bits per heavy atom. The van der Waals surface area contributed by atoms with E-state index in [0.29, 0.717) is 58.0 Å². The number of carbonyl (C=O) groups is 3. The molecule has 2 amide bonds. The summed E-state index contributed by atoms with van der Waals surface area (Å²) in [4.78, 5) is 82.7. The summed E-state index contributed by atoms with van der Waals surface area (Å²) in [6.45, 7) is 7.34. The Morgan fingerprint density at radius 2 is 1.61 bits per heavy atom. The highest BCUT2D eigenvalue weighted by atomic mass is 16.3. The predicted molar refractivity (Wildman–Crippen MR) is 251 cm³/mol. The summed E-state index contributed by atoms with van der Waals surface area (Å²) < 4.78 is 4.82. The lowest BCUT2D eigenvalue weighted by Crippen LogP contribution is -2.45. The largest absolute Gasteiger partial charge is 0.385 e. The molecule has 2 aromatic carbocycles. The average Bonchev–Trinajstić information content (AvgIpc) is 3.93. The van der Waals surface area contributed by atoms with Gasteiger partial charge < -0.3 is 15.3 Å². The van der Waals surface area contributed by atoms with E-state index in [-0.39, 0.29) is 47.3 Å². The van der Waals surface area contributed by atoms with Gasteiger partial charge in [-0.25, -0.2) is 14.6 Å². The summed E-state index contributed by atoms with van der Waals surface area (Å²) in [5.74, 6) is 0.327. The van der Waals surface area contributed by atoms with Crippen molar-refractivity contribution >= 4 is 57.0 Å². The molecule has 7 heterocycles. The third kappa shape index (κ3) is 7.99. The Labute approximate surface area is 381 Å². The van der Waals surface area contributed by atoms with Crippen molar-refractivity contribution in [1.82, 2.24) is 39.1 Å². The number of piperidine rings is 3. The normalized spacial score (nSPS) is 19.8. The van der Waals surface area contributed by atoms with Gasteiger partial charge in [0.25, 0.3) is 17.0 Å². The van der Waals surface area contributed by atoms with E-state index in [1.54, 1.807) is 35.5 Å². The predicted octanol–water partition coefficient (Wildman–Crippen LogP) is 6.05. The van der Waals surface area contributed by atoms with E-state index in [1.807, 2.05) is 24.4 Å². The minimum Gasteiger partial charge on any atom is -0.385 e. The number of carbonyl (C=O) groups excluding carboxylic acids is 3. The van der Waals surface area contributed by atoms with E-state index in [2.05, 4.69) is 55.7 Å². The Morgan fingerprint density at radius 1 is 0.864 bits per heavy atom. The van der Waals surface area contributed by atoms with E-state index in [1.165, 1.54) is 28.4 Å². The number of imide groups is 1. The van der Waals surface area contributed by atoms with Crippen LogP contribution in [0.3, 0.4) is 0 Å². The van der Waals surface area contributed by atoms with Gasteiger partial charge in [0, 0.05) is 75.7 Å². The van der Waals surface area contributed by atoms with Crippen LogP contribution >= 0.6 is 0 Å². The van der Waals surface area contributed by atoms with Crippen molar-refractivity contribution in [1.29, 1.82) is 0 Å². The van der Waals surface area contributed by atoms with Crippen molar-refractivity contribution in [3.8, 4) is 0 Å². The Kier molecular flexibility index (Phi) is 11.4. The lowest BCUT2D eigenvalue weighted by atomic mass is 9.84. The average molecular weight is 893 g/mol. The molecule has 1 aliphatic carbocycles. The third-order valence-electron chi connectivity index (χ3n) is 14.8. The number of rotatable bonds is 10. The van der Waals surface area contributed by atoms with Crippen LogP contribution in [0.4, 0.5) is 17.5 Å². The molecule has 10 rings (SSSR count). The van der Waals surface area contributed by atoms with Crippen molar-refractivity contribution in [2.75, 3.05) is 36.4 Å². The molecule has 0 spiro atoms. The van der Waals surface area contributed by atoms with Gasteiger partial charge in [-0.1, -0.05) is 37.1 Å². The lowest BCUT2D eigenvalue weighted by molar-refractivity contribution is -0.136. The molecule has 342 valence electrons. The highest BCUT2D eigenvalue weighted by Gasteiger charge is 2.36. The standard InChI is InChI=1S/C50H56N10O6/c1-30-39-28-52-49(55-45(39)59(37-6-4-5-7-37)48(65)44(30)31(2)61)53-42-16-10-34(27-51-42)33-18-22-58(23-19-33)36-12-8-32(9-13-36)29-57-24-20-50(66,21-25-57)35-11-14-38-41(26-35)56(3)60(47(38)64)40-15-17-43(62)54-46(40)63/h8-14,16,26-28,33,37,40,66H,4-7,15,17-25,29H2,1-3H3,(H,54,62,63)(H,51,52,53,55). The molecule has 0 bridgehead atoms. The quantitative estimate of drug-likeness (QED) is 0.107. The maximum atomic E-state index is 13.6. The highest BCUT2D eigenvalue weighted by Crippen LogP contribution is 2.37. The van der Waals surface area contributed by atoms with Gasteiger partial charge in [0.1, 0.15) is 17.5 Å². The number of nitrogens with one attached hydrogen (secondary N) is 2. The van der Waals surface area contributed by atoms with Crippen molar-refractivity contribution in [2.24, 2.45) is 7.05 Å². The second-order valence-electron chi connectivity index (χ2n) is 18.8. The maximum Gasteiger partial charge on any atom is 0.275 e. The first-order chi connectivity index (χ1) is 31.8. The number of fused-ring (bicyclic) bond motifs is 2. The van der Waals surface area contributed by atoms with Crippen LogP contribution in [-0.2, 0) is 28.8 Å². The summed E-state index contributed by atoms with van der Waals surface area (Å²) in [5.41, 5.74) is 4.82. The van der Waals surface area contributed by atoms with Gasteiger partial charge in [-0.05, 0) is 117 Å². The van der Waals surface area contributed by atoms with Crippen molar-refractivity contribution < 1.29 is 19.5 Å². The summed E-state index contributed by atoms with van der Waals surface area (Å²) in [5, 5.41) is 18.6. The first kappa shape index (κ1) is 43.4. The Balaban J connectivity index is 0.728. The molecule has 3 N–H and O–H groups in total. The number of pyridine rings is 2. The maximum absolute atomic E-state index is 13.6. The van der Waals surface area contributed by atoms with Crippen molar-refractivity contribution in [2.45, 2.75) is 108 Å². The summed E-state index contributed by atoms with van der Waals surface area (Å²) in [6, 6.07) is 17.6. The first-order valence-corrected chi connectivity index (χ1v) is 23.3. The van der Waals surface area contributed by atoms with Crippen LogP contribution in [0.1, 0.15) is 122 Å². The number of hydrogen-bond donors (Lipinski definition) is 3. The number of nitrogens with zero attached hydrogens (tertiary/aromatic N) is 8. The summed E-state index contributed by atoms with van der Waals surface area (Å²) in [6.07, 6.45) is 11.1. The molecule has 1 atom stereocenters. The van der Waals surface area contributed by atoms with Gasteiger partial charge >= 0.3 is 0 Å². The molecule has 4 fully saturated rings. The zero-order valence-electron chi connectivity index (χ0n) is 37.8. The molecule has 0 radical (unpaired) electrons. The topological polar surface area (TPSA) is 190 Å². The minimum atomic E-state index is -1.04. The lowest BCUT2D eigenvalue weighted by Gasteiger charge is -2.38. The Bertz CT molecular complexity index is 2990. The van der Waals surface area contributed by atoms with E-state index in [0.717, 1.165) is 76.8 Å². The fraction of sp³-hybridized carbons (Fsp3) is 0.440. The summed E-state index contributed by atoms with van der Waals surface area (Å²) >= 11 is 0. The van der Waals surface area contributed by atoms with E-state index >= 15 is 0 Å². The third-order valence-corrected chi connectivity index (χ3v) is 14.8. The molecular formula is C50H56N10O6. The molecule has 3 aliphatic heterocycles. The fourth-order valence-corrected chi connectivity index (χ4v) is 11.0.